The third-order valence-electron chi connectivity index (χ3n) is 5.18. The molecule has 162 valence electrons. The Bertz CT molecular complexity index is 1460. The van der Waals surface area contributed by atoms with Crippen molar-refractivity contribution >= 4 is 45.7 Å². The summed E-state index contributed by atoms with van der Waals surface area (Å²) >= 11 is 6.05. The summed E-state index contributed by atoms with van der Waals surface area (Å²) in [5.41, 5.74) is 5.40. The predicted octanol–water partition coefficient (Wildman–Crippen LogP) is 5.98. The standard InChI is InChI=1S/C25H19ClN6O/c1-15-4-6-19(29-24(33)23-12-17-11-18(26)5-7-20(17)30-23)13-22(15)32-25-28-10-8-21(31-25)16-3-2-9-27-14-16/h2-14,30H,1H3,(H,29,33)(H,28,31,32). The molecule has 5 rings (SSSR count). The fraction of sp³-hybridized carbons (Fsp3) is 0.0400. The summed E-state index contributed by atoms with van der Waals surface area (Å²) in [4.78, 5) is 29.0. The Labute approximate surface area is 194 Å². The van der Waals surface area contributed by atoms with Gasteiger partial charge in [0.1, 0.15) is 5.69 Å². The second kappa shape index (κ2) is 8.72. The van der Waals surface area contributed by atoms with Crippen LogP contribution in [0.2, 0.25) is 5.02 Å². The van der Waals surface area contributed by atoms with Crippen LogP contribution in [0.5, 0.6) is 0 Å². The van der Waals surface area contributed by atoms with E-state index >= 15 is 0 Å². The fourth-order valence-electron chi connectivity index (χ4n) is 3.47. The number of anilines is 3. The fourth-order valence-corrected chi connectivity index (χ4v) is 3.65. The number of aromatic nitrogens is 4. The lowest BCUT2D eigenvalue weighted by Gasteiger charge is -2.12. The molecule has 0 aliphatic carbocycles. The lowest BCUT2D eigenvalue weighted by atomic mass is 10.1. The summed E-state index contributed by atoms with van der Waals surface area (Å²) < 4.78 is 0. The summed E-state index contributed by atoms with van der Waals surface area (Å²) in [7, 11) is 0. The van der Waals surface area contributed by atoms with Crippen molar-refractivity contribution in [3.05, 3.63) is 95.5 Å². The largest absolute Gasteiger partial charge is 0.351 e. The number of aromatic amines is 1. The summed E-state index contributed by atoms with van der Waals surface area (Å²) in [6.07, 6.45) is 5.17. The van der Waals surface area contributed by atoms with E-state index in [2.05, 4.69) is 30.6 Å². The number of nitrogens with one attached hydrogen (secondary N) is 3. The molecule has 0 atom stereocenters. The number of hydrogen-bond donors (Lipinski definition) is 3. The maximum absolute atomic E-state index is 12.8. The molecule has 3 aromatic heterocycles. The van der Waals surface area contributed by atoms with Crippen LogP contribution in [-0.2, 0) is 0 Å². The smallest absolute Gasteiger partial charge is 0.272 e. The molecule has 5 aromatic rings. The van der Waals surface area contributed by atoms with E-state index in [0.29, 0.717) is 22.4 Å². The van der Waals surface area contributed by atoms with Crippen LogP contribution >= 0.6 is 11.6 Å². The number of rotatable bonds is 5. The van der Waals surface area contributed by atoms with E-state index < -0.39 is 0 Å². The zero-order valence-corrected chi connectivity index (χ0v) is 18.4. The molecule has 0 unspecified atom stereocenters. The van der Waals surface area contributed by atoms with Gasteiger partial charge in [0, 0.05) is 51.5 Å². The number of carbonyl (C=O) groups excluding carboxylic acids is 1. The number of aryl methyl sites for hydroxylation is 1. The molecule has 0 saturated carbocycles. The van der Waals surface area contributed by atoms with Crippen LogP contribution in [0.4, 0.5) is 17.3 Å². The predicted molar refractivity (Wildman–Crippen MR) is 131 cm³/mol. The molecular formula is C25H19ClN6O. The maximum atomic E-state index is 12.8. The monoisotopic (exact) mass is 454 g/mol. The average Bonchev–Trinajstić information content (AvgIpc) is 3.25. The number of carbonyl (C=O) groups is 1. The molecular weight excluding hydrogens is 436 g/mol. The van der Waals surface area contributed by atoms with Crippen molar-refractivity contribution in [2.24, 2.45) is 0 Å². The van der Waals surface area contributed by atoms with Crippen molar-refractivity contribution < 1.29 is 4.79 Å². The van der Waals surface area contributed by atoms with Gasteiger partial charge in [0.2, 0.25) is 5.95 Å². The molecule has 0 saturated heterocycles. The van der Waals surface area contributed by atoms with Crippen LogP contribution < -0.4 is 10.6 Å². The Kier molecular flexibility index (Phi) is 5.46. The van der Waals surface area contributed by atoms with Crippen LogP contribution in [0.25, 0.3) is 22.2 Å². The van der Waals surface area contributed by atoms with Crippen molar-refractivity contribution in [1.82, 2.24) is 19.9 Å². The van der Waals surface area contributed by atoms with Gasteiger partial charge in [0.05, 0.1) is 5.69 Å². The van der Waals surface area contributed by atoms with E-state index in [9.17, 15) is 4.79 Å². The average molecular weight is 455 g/mol. The van der Waals surface area contributed by atoms with Gasteiger partial charge in [-0.25, -0.2) is 9.97 Å². The van der Waals surface area contributed by atoms with Gasteiger partial charge < -0.3 is 15.6 Å². The second-order valence-electron chi connectivity index (χ2n) is 7.53. The van der Waals surface area contributed by atoms with Gasteiger partial charge in [-0.1, -0.05) is 17.7 Å². The van der Waals surface area contributed by atoms with Crippen molar-refractivity contribution in [2.45, 2.75) is 6.92 Å². The normalized spacial score (nSPS) is 10.8. The summed E-state index contributed by atoms with van der Waals surface area (Å²) in [6.45, 7) is 1.97. The Morgan fingerprint density at radius 1 is 1.03 bits per heavy atom. The van der Waals surface area contributed by atoms with Crippen molar-refractivity contribution in [1.29, 1.82) is 0 Å². The van der Waals surface area contributed by atoms with Gasteiger partial charge in [0.15, 0.2) is 0 Å². The Morgan fingerprint density at radius 2 is 1.94 bits per heavy atom. The number of nitrogens with zero attached hydrogens (tertiary/aromatic N) is 3. The SMILES string of the molecule is Cc1ccc(NC(=O)c2cc3cc(Cl)ccc3[nH]2)cc1Nc1nccc(-c2cccnc2)n1. The first-order valence-electron chi connectivity index (χ1n) is 10.3. The number of pyridine rings is 1. The van der Waals surface area contributed by atoms with Crippen LogP contribution in [0.1, 0.15) is 16.1 Å². The summed E-state index contributed by atoms with van der Waals surface area (Å²) in [5, 5.41) is 7.68. The van der Waals surface area contributed by atoms with Crippen LogP contribution in [0, 0.1) is 6.92 Å². The third kappa shape index (κ3) is 4.53. The minimum Gasteiger partial charge on any atom is -0.351 e. The number of amides is 1. The quantitative estimate of drug-likeness (QED) is 0.303. The molecule has 0 bridgehead atoms. The minimum absolute atomic E-state index is 0.244. The highest BCUT2D eigenvalue weighted by Gasteiger charge is 2.12. The van der Waals surface area contributed by atoms with Crippen LogP contribution in [0.15, 0.2) is 79.3 Å². The Morgan fingerprint density at radius 3 is 2.79 bits per heavy atom. The van der Waals surface area contributed by atoms with E-state index in [1.807, 2.05) is 55.5 Å². The van der Waals surface area contributed by atoms with Gasteiger partial charge >= 0.3 is 0 Å². The topological polar surface area (TPSA) is 95.6 Å². The van der Waals surface area contributed by atoms with Crippen molar-refractivity contribution in [3.63, 3.8) is 0 Å². The zero-order chi connectivity index (χ0) is 22.8. The molecule has 0 radical (unpaired) electrons. The highest BCUT2D eigenvalue weighted by atomic mass is 35.5. The van der Waals surface area contributed by atoms with E-state index in [1.165, 1.54) is 0 Å². The maximum Gasteiger partial charge on any atom is 0.272 e. The number of H-pyrrole nitrogens is 1. The number of halogens is 1. The van der Waals surface area contributed by atoms with Gasteiger partial charge in [-0.05, 0) is 67.1 Å². The minimum atomic E-state index is -0.244. The first-order valence-corrected chi connectivity index (χ1v) is 10.6. The van der Waals surface area contributed by atoms with Crippen LogP contribution in [-0.4, -0.2) is 25.8 Å². The molecule has 8 heteroatoms. The van der Waals surface area contributed by atoms with E-state index in [0.717, 1.165) is 33.4 Å². The first kappa shape index (κ1) is 20.7. The summed E-state index contributed by atoms with van der Waals surface area (Å²) in [6, 6.07) is 18.5. The number of benzene rings is 2. The Hall–Kier alpha value is -4.23. The molecule has 3 N–H and O–H groups in total. The van der Waals surface area contributed by atoms with Gasteiger partial charge in [0.25, 0.3) is 5.91 Å². The molecule has 0 fully saturated rings. The van der Waals surface area contributed by atoms with Gasteiger partial charge in [-0.15, -0.1) is 0 Å². The lowest BCUT2D eigenvalue weighted by molar-refractivity contribution is 0.102. The zero-order valence-electron chi connectivity index (χ0n) is 17.6. The number of fused-ring (bicyclic) bond motifs is 1. The number of hydrogen-bond acceptors (Lipinski definition) is 5. The molecule has 3 heterocycles. The van der Waals surface area contributed by atoms with Crippen molar-refractivity contribution in [2.75, 3.05) is 10.6 Å². The highest BCUT2D eigenvalue weighted by Crippen LogP contribution is 2.25. The van der Waals surface area contributed by atoms with Gasteiger partial charge in [-0.2, -0.15) is 0 Å². The van der Waals surface area contributed by atoms with E-state index in [4.69, 9.17) is 11.6 Å². The lowest BCUT2D eigenvalue weighted by Crippen LogP contribution is -2.12. The van der Waals surface area contributed by atoms with Crippen LogP contribution in [0.3, 0.4) is 0 Å². The third-order valence-corrected chi connectivity index (χ3v) is 5.42. The molecule has 0 spiro atoms. The Balaban J connectivity index is 1.36. The van der Waals surface area contributed by atoms with Gasteiger partial charge in [-0.3, -0.25) is 9.78 Å². The molecule has 0 aliphatic rings. The summed E-state index contributed by atoms with van der Waals surface area (Å²) in [5.74, 6) is 0.211. The van der Waals surface area contributed by atoms with E-state index in [1.54, 1.807) is 30.7 Å². The second-order valence-corrected chi connectivity index (χ2v) is 7.97. The molecule has 33 heavy (non-hydrogen) atoms. The first-order chi connectivity index (χ1) is 16.0. The van der Waals surface area contributed by atoms with E-state index in [-0.39, 0.29) is 5.91 Å². The molecule has 7 nitrogen and oxygen atoms in total. The highest BCUT2D eigenvalue weighted by molar-refractivity contribution is 6.31. The molecule has 0 aliphatic heterocycles. The molecule has 1 amide bonds. The molecule has 2 aromatic carbocycles. The van der Waals surface area contributed by atoms with Crippen molar-refractivity contribution in [3.8, 4) is 11.3 Å².